The minimum atomic E-state index is -0.0457. The summed E-state index contributed by atoms with van der Waals surface area (Å²) in [6.45, 7) is 4.93. The molecule has 3 aliphatic heterocycles. The number of anilines is 1. The monoisotopic (exact) mass is 370 g/mol. The molecule has 0 aliphatic carbocycles. The van der Waals surface area contributed by atoms with Crippen LogP contribution in [-0.4, -0.2) is 57.3 Å². The van der Waals surface area contributed by atoms with E-state index in [1.54, 1.807) is 0 Å². The van der Waals surface area contributed by atoms with E-state index in [1.807, 2.05) is 30.1 Å². The SMILES string of the molecule is Cn1nccc1CN1CCC2(CC1)Nc1cc(Cl)ccc1C1=NCCN12. The number of hydrogen-bond acceptors (Lipinski definition) is 5. The van der Waals surface area contributed by atoms with Crippen LogP contribution in [0, 0.1) is 0 Å². The molecule has 0 amide bonds. The van der Waals surface area contributed by atoms with Crippen LogP contribution >= 0.6 is 11.6 Å². The van der Waals surface area contributed by atoms with E-state index >= 15 is 0 Å². The van der Waals surface area contributed by atoms with Crippen molar-refractivity contribution >= 4 is 23.1 Å². The quantitative estimate of drug-likeness (QED) is 0.882. The van der Waals surface area contributed by atoms with Gasteiger partial charge in [0.25, 0.3) is 0 Å². The number of piperidine rings is 1. The lowest BCUT2D eigenvalue weighted by molar-refractivity contribution is 0.0882. The van der Waals surface area contributed by atoms with Crippen LogP contribution in [0.1, 0.15) is 24.1 Å². The smallest absolute Gasteiger partial charge is 0.134 e. The highest BCUT2D eigenvalue weighted by atomic mass is 35.5. The van der Waals surface area contributed by atoms with E-state index in [2.05, 4.69) is 32.3 Å². The van der Waals surface area contributed by atoms with Gasteiger partial charge < -0.3 is 10.2 Å². The molecule has 7 heteroatoms. The molecule has 1 fully saturated rings. The molecular formula is C19H23ClN6. The van der Waals surface area contributed by atoms with Gasteiger partial charge in [-0.1, -0.05) is 11.6 Å². The third-order valence-corrected chi connectivity index (χ3v) is 6.17. The first-order valence-electron chi connectivity index (χ1n) is 9.24. The van der Waals surface area contributed by atoms with Crippen molar-refractivity contribution < 1.29 is 0 Å². The van der Waals surface area contributed by atoms with Gasteiger partial charge in [0.1, 0.15) is 11.5 Å². The van der Waals surface area contributed by atoms with E-state index in [0.717, 1.165) is 62.1 Å². The highest BCUT2D eigenvalue weighted by Crippen LogP contribution is 2.40. The number of benzene rings is 1. The fourth-order valence-corrected chi connectivity index (χ4v) is 4.66. The molecule has 4 heterocycles. The van der Waals surface area contributed by atoms with Crippen molar-refractivity contribution in [1.29, 1.82) is 0 Å². The Balaban J connectivity index is 1.39. The molecule has 0 unspecified atom stereocenters. The van der Waals surface area contributed by atoms with Crippen LogP contribution in [0.5, 0.6) is 0 Å². The molecule has 3 aliphatic rings. The predicted octanol–water partition coefficient (Wildman–Crippen LogP) is 2.55. The summed E-state index contributed by atoms with van der Waals surface area (Å²) in [6, 6.07) is 8.19. The molecule has 6 nitrogen and oxygen atoms in total. The Morgan fingerprint density at radius 3 is 2.81 bits per heavy atom. The molecule has 0 saturated carbocycles. The lowest BCUT2D eigenvalue weighted by Crippen LogP contribution is -2.63. The Kier molecular flexibility index (Phi) is 3.72. The minimum Gasteiger partial charge on any atom is -0.362 e. The van der Waals surface area contributed by atoms with E-state index in [0.29, 0.717) is 0 Å². The van der Waals surface area contributed by atoms with Crippen molar-refractivity contribution in [2.24, 2.45) is 12.0 Å². The minimum absolute atomic E-state index is 0.0457. The van der Waals surface area contributed by atoms with Crippen LogP contribution in [-0.2, 0) is 13.6 Å². The van der Waals surface area contributed by atoms with Crippen molar-refractivity contribution in [2.45, 2.75) is 25.0 Å². The summed E-state index contributed by atoms with van der Waals surface area (Å²) >= 11 is 6.25. The average Bonchev–Trinajstić information content (AvgIpc) is 3.27. The second-order valence-electron chi connectivity index (χ2n) is 7.43. The summed E-state index contributed by atoms with van der Waals surface area (Å²) in [4.78, 5) is 9.81. The van der Waals surface area contributed by atoms with Gasteiger partial charge in [0.15, 0.2) is 0 Å². The molecule has 5 rings (SSSR count). The van der Waals surface area contributed by atoms with Crippen molar-refractivity contribution in [1.82, 2.24) is 19.6 Å². The number of rotatable bonds is 2. The molecule has 1 aromatic carbocycles. The van der Waals surface area contributed by atoms with Gasteiger partial charge in [0.05, 0.1) is 12.2 Å². The third-order valence-electron chi connectivity index (χ3n) is 5.94. The molecule has 26 heavy (non-hydrogen) atoms. The van der Waals surface area contributed by atoms with Gasteiger partial charge in [0, 0.05) is 68.5 Å². The largest absolute Gasteiger partial charge is 0.362 e. The number of amidine groups is 1. The second kappa shape index (κ2) is 5.99. The summed E-state index contributed by atoms with van der Waals surface area (Å²) in [5.41, 5.74) is 3.51. The van der Waals surface area contributed by atoms with Gasteiger partial charge in [-0.3, -0.25) is 14.6 Å². The summed E-state index contributed by atoms with van der Waals surface area (Å²) in [6.07, 6.45) is 4.00. The van der Waals surface area contributed by atoms with E-state index in [1.165, 1.54) is 11.3 Å². The van der Waals surface area contributed by atoms with Crippen molar-refractivity contribution in [2.75, 3.05) is 31.5 Å². The lowest BCUT2D eigenvalue weighted by atomic mass is 9.90. The average molecular weight is 371 g/mol. The van der Waals surface area contributed by atoms with Crippen LogP contribution in [0.25, 0.3) is 0 Å². The van der Waals surface area contributed by atoms with Crippen LogP contribution in [0.4, 0.5) is 5.69 Å². The number of aliphatic imine (C=N–C) groups is 1. The highest BCUT2D eigenvalue weighted by Gasteiger charge is 2.46. The number of hydrogen-bond donors (Lipinski definition) is 1. The zero-order valence-electron chi connectivity index (χ0n) is 15.0. The van der Waals surface area contributed by atoms with Gasteiger partial charge >= 0.3 is 0 Å². The van der Waals surface area contributed by atoms with Crippen LogP contribution < -0.4 is 5.32 Å². The number of nitrogens with one attached hydrogen (secondary N) is 1. The molecule has 0 atom stereocenters. The molecule has 1 aromatic heterocycles. The summed E-state index contributed by atoms with van der Waals surface area (Å²) in [5, 5.41) is 8.89. The van der Waals surface area contributed by atoms with Crippen molar-refractivity contribution in [3.05, 3.63) is 46.7 Å². The second-order valence-corrected chi connectivity index (χ2v) is 7.86. The van der Waals surface area contributed by atoms with E-state index < -0.39 is 0 Å². The Hall–Kier alpha value is -2.05. The number of nitrogens with zero attached hydrogens (tertiary/aromatic N) is 5. The normalized spacial score (nSPS) is 21.3. The number of halogens is 1. The third kappa shape index (κ3) is 2.51. The van der Waals surface area contributed by atoms with Gasteiger partial charge in [0.2, 0.25) is 0 Å². The fourth-order valence-electron chi connectivity index (χ4n) is 4.49. The molecule has 2 aromatic rings. The highest BCUT2D eigenvalue weighted by molar-refractivity contribution is 6.31. The van der Waals surface area contributed by atoms with E-state index in [-0.39, 0.29) is 5.66 Å². The van der Waals surface area contributed by atoms with Gasteiger partial charge in [-0.2, -0.15) is 5.10 Å². The number of aromatic nitrogens is 2. The fraction of sp³-hybridized carbons (Fsp3) is 0.474. The molecule has 1 spiro atoms. The predicted molar refractivity (Wildman–Crippen MR) is 104 cm³/mol. The first-order valence-corrected chi connectivity index (χ1v) is 9.62. The lowest BCUT2D eigenvalue weighted by Gasteiger charge is -2.52. The standard InChI is InChI=1S/C19H23ClN6/c1-24-15(4-7-22-24)13-25-9-5-19(6-10-25)23-17-12-14(20)2-3-16(17)18-21-8-11-26(18)19/h2-4,7,12,23H,5-6,8-11,13H2,1H3. The Morgan fingerprint density at radius 1 is 1.19 bits per heavy atom. The van der Waals surface area contributed by atoms with Crippen molar-refractivity contribution in [3.63, 3.8) is 0 Å². The van der Waals surface area contributed by atoms with Gasteiger partial charge in [-0.25, -0.2) is 0 Å². The van der Waals surface area contributed by atoms with Crippen LogP contribution in [0.15, 0.2) is 35.5 Å². The Labute approximate surface area is 158 Å². The maximum absolute atomic E-state index is 6.25. The van der Waals surface area contributed by atoms with Gasteiger partial charge in [-0.05, 0) is 24.3 Å². The molecular weight excluding hydrogens is 348 g/mol. The maximum atomic E-state index is 6.25. The first-order chi connectivity index (χ1) is 12.6. The molecule has 0 bridgehead atoms. The number of likely N-dealkylation sites (tertiary alicyclic amines) is 1. The molecule has 1 saturated heterocycles. The molecule has 136 valence electrons. The Bertz CT molecular complexity index is 865. The topological polar surface area (TPSA) is 48.7 Å². The summed E-state index contributed by atoms with van der Waals surface area (Å²) < 4.78 is 1.96. The number of fused-ring (bicyclic) bond motifs is 4. The maximum Gasteiger partial charge on any atom is 0.134 e. The Morgan fingerprint density at radius 2 is 2.04 bits per heavy atom. The van der Waals surface area contributed by atoms with Crippen LogP contribution in [0.3, 0.4) is 0 Å². The summed E-state index contributed by atoms with van der Waals surface area (Å²) in [5.74, 6) is 1.13. The molecule has 0 radical (unpaired) electrons. The molecule has 1 N–H and O–H groups in total. The van der Waals surface area contributed by atoms with E-state index in [4.69, 9.17) is 16.6 Å². The first kappa shape index (κ1) is 16.1. The zero-order valence-corrected chi connectivity index (χ0v) is 15.7. The number of aryl methyl sites for hydroxylation is 1. The van der Waals surface area contributed by atoms with E-state index in [9.17, 15) is 0 Å². The van der Waals surface area contributed by atoms with Crippen LogP contribution in [0.2, 0.25) is 5.02 Å². The van der Waals surface area contributed by atoms with Crippen molar-refractivity contribution in [3.8, 4) is 0 Å². The summed E-state index contributed by atoms with van der Waals surface area (Å²) in [7, 11) is 2.01. The van der Waals surface area contributed by atoms with Gasteiger partial charge in [-0.15, -0.1) is 0 Å². The zero-order chi connectivity index (χ0) is 17.7.